The molecule has 0 aliphatic rings. The minimum absolute atomic E-state index is 0.0152. The molecule has 0 radical (unpaired) electrons. The monoisotopic (exact) mass is 424 g/mol. The topological polar surface area (TPSA) is 104 Å². The van der Waals surface area contributed by atoms with Crippen molar-refractivity contribution in [1.29, 1.82) is 0 Å². The highest BCUT2D eigenvalue weighted by atomic mass is 16.5. The third kappa shape index (κ3) is 4.89. The molecule has 0 fully saturated rings. The SMILES string of the molecule is COCCNC(=O)c1nn(-c2ccc(OC)cc2)c(=O)n(Cc2ccccc2C)c1=O. The Labute approximate surface area is 178 Å². The average Bonchev–Trinajstić information content (AvgIpc) is 2.78. The molecule has 0 spiro atoms. The lowest BCUT2D eigenvalue weighted by molar-refractivity contribution is 0.0927. The van der Waals surface area contributed by atoms with Gasteiger partial charge in [-0.05, 0) is 42.3 Å². The van der Waals surface area contributed by atoms with E-state index in [4.69, 9.17) is 9.47 Å². The van der Waals surface area contributed by atoms with Crippen LogP contribution in [0.3, 0.4) is 0 Å². The summed E-state index contributed by atoms with van der Waals surface area (Å²) >= 11 is 0. The number of amides is 1. The number of ether oxygens (including phenoxy) is 2. The summed E-state index contributed by atoms with van der Waals surface area (Å²) < 4.78 is 12.1. The average molecular weight is 424 g/mol. The first kappa shape index (κ1) is 22.0. The Kier molecular flexibility index (Phi) is 6.99. The Balaban J connectivity index is 2.14. The van der Waals surface area contributed by atoms with Crippen molar-refractivity contribution in [3.63, 3.8) is 0 Å². The first-order valence-corrected chi connectivity index (χ1v) is 9.66. The van der Waals surface area contributed by atoms with Gasteiger partial charge in [-0.2, -0.15) is 9.78 Å². The summed E-state index contributed by atoms with van der Waals surface area (Å²) in [5.41, 5.74) is 0.336. The summed E-state index contributed by atoms with van der Waals surface area (Å²) in [6.45, 7) is 2.39. The van der Waals surface area contributed by atoms with Crippen LogP contribution in [0, 0.1) is 6.92 Å². The van der Waals surface area contributed by atoms with Crippen LogP contribution in [0.15, 0.2) is 58.1 Å². The normalized spacial score (nSPS) is 10.7. The number of aryl methyl sites for hydroxylation is 1. The van der Waals surface area contributed by atoms with Crippen molar-refractivity contribution >= 4 is 5.91 Å². The number of methoxy groups -OCH3 is 2. The number of nitrogens with one attached hydrogen (secondary N) is 1. The molecule has 2 aromatic carbocycles. The second-order valence-electron chi connectivity index (χ2n) is 6.81. The van der Waals surface area contributed by atoms with Crippen LogP contribution >= 0.6 is 0 Å². The molecule has 162 valence electrons. The van der Waals surface area contributed by atoms with Gasteiger partial charge in [-0.1, -0.05) is 24.3 Å². The molecule has 3 aromatic rings. The summed E-state index contributed by atoms with van der Waals surface area (Å²) in [5, 5.41) is 6.66. The fourth-order valence-corrected chi connectivity index (χ4v) is 3.00. The lowest BCUT2D eigenvalue weighted by Crippen LogP contribution is -2.46. The van der Waals surface area contributed by atoms with E-state index in [0.717, 1.165) is 20.4 Å². The molecular formula is C22H24N4O5. The molecule has 0 aliphatic heterocycles. The zero-order valence-electron chi connectivity index (χ0n) is 17.6. The predicted molar refractivity (Wildman–Crippen MR) is 115 cm³/mol. The van der Waals surface area contributed by atoms with Gasteiger partial charge in [0.1, 0.15) is 5.75 Å². The molecule has 0 saturated carbocycles. The van der Waals surface area contributed by atoms with Crippen molar-refractivity contribution in [3.05, 3.63) is 86.2 Å². The molecule has 0 unspecified atom stereocenters. The van der Waals surface area contributed by atoms with E-state index in [1.807, 2.05) is 31.2 Å². The molecule has 3 rings (SSSR count). The van der Waals surface area contributed by atoms with E-state index in [1.54, 1.807) is 24.3 Å². The zero-order valence-corrected chi connectivity index (χ0v) is 17.6. The van der Waals surface area contributed by atoms with Crippen LogP contribution in [-0.2, 0) is 11.3 Å². The van der Waals surface area contributed by atoms with Crippen LogP contribution in [0.5, 0.6) is 5.75 Å². The van der Waals surface area contributed by atoms with Gasteiger partial charge in [0.05, 0.1) is 25.9 Å². The number of carbonyl (C=O) groups excluding carboxylic acids is 1. The molecule has 0 atom stereocenters. The molecule has 0 saturated heterocycles. The van der Waals surface area contributed by atoms with Crippen LogP contribution in [0.1, 0.15) is 21.6 Å². The lowest BCUT2D eigenvalue weighted by Gasteiger charge is -2.13. The first-order chi connectivity index (χ1) is 15.0. The number of benzene rings is 2. The number of hydrogen-bond donors (Lipinski definition) is 1. The second kappa shape index (κ2) is 9.86. The van der Waals surface area contributed by atoms with Crippen molar-refractivity contribution < 1.29 is 14.3 Å². The van der Waals surface area contributed by atoms with E-state index in [-0.39, 0.29) is 25.4 Å². The summed E-state index contributed by atoms with van der Waals surface area (Å²) in [4.78, 5) is 38.8. The first-order valence-electron chi connectivity index (χ1n) is 9.66. The van der Waals surface area contributed by atoms with Gasteiger partial charge < -0.3 is 14.8 Å². The lowest BCUT2D eigenvalue weighted by atomic mass is 10.1. The van der Waals surface area contributed by atoms with Gasteiger partial charge in [0.25, 0.3) is 11.5 Å². The largest absolute Gasteiger partial charge is 0.497 e. The number of nitrogens with zero attached hydrogens (tertiary/aromatic N) is 3. The summed E-state index contributed by atoms with van der Waals surface area (Å²) in [6, 6.07) is 14.0. The van der Waals surface area contributed by atoms with Crippen LogP contribution in [0.25, 0.3) is 5.69 Å². The molecule has 1 aromatic heterocycles. The molecule has 31 heavy (non-hydrogen) atoms. The number of aromatic nitrogens is 3. The van der Waals surface area contributed by atoms with E-state index in [2.05, 4.69) is 10.4 Å². The fraction of sp³-hybridized carbons (Fsp3) is 0.273. The van der Waals surface area contributed by atoms with E-state index in [1.165, 1.54) is 14.2 Å². The van der Waals surface area contributed by atoms with Gasteiger partial charge in [-0.25, -0.2) is 4.79 Å². The quantitative estimate of drug-likeness (QED) is 0.544. The predicted octanol–water partition coefficient (Wildman–Crippen LogP) is 1.14. The van der Waals surface area contributed by atoms with Gasteiger partial charge in [0.2, 0.25) is 5.69 Å². The van der Waals surface area contributed by atoms with Gasteiger partial charge in [-0.3, -0.25) is 14.2 Å². The third-order valence-corrected chi connectivity index (χ3v) is 4.77. The maximum atomic E-state index is 13.2. The van der Waals surface area contributed by atoms with Gasteiger partial charge in [0.15, 0.2) is 0 Å². The molecule has 9 heteroatoms. The second-order valence-corrected chi connectivity index (χ2v) is 6.81. The maximum Gasteiger partial charge on any atom is 0.352 e. The van der Waals surface area contributed by atoms with Crippen molar-refractivity contribution in [2.45, 2.75) is 13.5 Å². The Hall–Kier alpha value is -3.72. The number of hydrogen-bond acceptors (Lipinski definition) is 6. The Bertz CT molecular complexity index is 1180. The van der Waals surface area contributed by atoms with Crippen LogP contribution in [0.2, 0.25) is 0 Å². The van der Waals surface area contributed by atoms with Crippen LogP contribution in [0.4, 0.5) is 0 Å². The Morgan fingerprint density at radius 2 is 1.77 bits per heavy atom. The van der Waals surface area contributed by atoms with Crippen molar-refractivity contribution in [3.8, 4) is 11.4 Å². The summed E-state index contributed by atoms with van der Waals surface area (Å²) in [5.74, 6) is -0.0783. The minimum atomic E-state index is -0.757. The van der Waals surface area contributed by atoms with Gasteiger partial charge >= 0.3 is 5.69 Å². The van der Waals surface area contributed by atoms with Crippen molar-refractivity contribution in [2.75, 3.05) is 27.4 Å². The summed E-state index contributed by atoms with van der Waals surface area (Å²) in [7, 11) is 3.04. The molecule has 1 heterocycles. The standard InChI is InChI=1S/C22H24N4O5/c1-15-6-4-5-7-16(15)14-25-21(28)19(20(27)23-12-13-30-2)24-26(22(25)29)17-8-10-18(31-3)11-9-17/h4-11H,12-14H2,1-3H3,(H,23,27). The van der Waals surface area contributed by atoms with Crippen molar-refractivity contribution in [1.82, 2.24) is 19.7 Å². The number of carbonyl (C=O) groups is 1. The molecule has 0 aliphatic carbocycles. The van der Waals surface area contributed by atoms with E-state index >= 15 is 0 Å². The highest BCUT2D eigenvalue weighted by Gasteiger charge is 2.20. The highest BCUT2D eigenvalue weighted by molar-refractivity contribution is 5.91. The molecular weight excluding hydrogens is 400 g/mol. The smallest absolute Gasteiger partial charge is 0.352 e. The summed E-state index contributed by atoms with van der Waals surface area (Å²) in [6.07, 6.45) is 0. The van der Waals surface area contributed by atoms with Crippen LogP contribution in [-0.4, -0.2) is 47.6 Å². The van der Waals surface area contributed by atoms with E-state index in [0.29, 0.717) is 11.4 Å². The Morgan fingerprint density at radius 3 is 2.42 bits per heavy atom. The zero-order chi connectivity index (χ0) is 22.4. The van der Waals surface area contributed by atoms with Crippen molar-refractivity contribution in [2.24, 2.45) is 0 Å². The number of rotatable bonds is 8. The van der Waals surface area contributed by atoms with E-state index in [9.17, 15) is 14.4 Å². The third-order valence-electron chi connectivity index (χ3n) is 4.77. The molecule has 9 nitrogen and oxygen atoms in total. The Morgan fingerprint density at radius 1 is 1.06 bits per heavy atom. The highest BCUT2D eigenvalue weighted by Crippen LogP contribution is 2.13. The molecule has 1 amide bonds. The molecule has 1 N–H and O–H groups in total. The van der Waals surface area contributed by atoms with Gasteiger partial charge in [-0.15, -0.1) is 0 Å². The fourth-order valence-electron chi connectivity index (χ4n) is 3.00. The minimum Gasteiger partial charge on any atom is -0.497 e. The maximum absolute atomic E-state index is 13.2. The van der Waals surface area contributed by atoms with Gasteiger partial charge in [0, 0.05) is 13.7 Å². The van der Waals surface area contributed by atoms with Crippen LogP contribution < -0.4 is 21.3 Å². The van der Waals surface area contributed by atoms with E-state index < -0.39 is 17.2 Å². The molecule has 0 bridgehead atoms.